The molecule has 116 valence electrons. The topological polar surface area (TPSA) is 92.5 Å². The number of nitrogens with zero attached hydrogens (tertiary/aromatic N) is 1. The highest BCUT2D eigenvalue weighted by atomic mass is 16.6. The van der Waals surface area contributed by atoms with Crippen molar-refractivity contribution >= 4 is 23.4 Å². The minimum atomic E-state index is -1.70. The number of aliphatic hydroxyl groups is 1. The lowest BCUT2D eigenvalue weighted by atomic mass is 9.82. The van der Waals surface area contributed by atoms with Crippen molar-refractivity contribution < 1.29 is 14.8 Å². The van der Waals surface area contributed by atoms with E-state index in [1.165, 1.54) is 18.2 Å². The summed E-state index contributed by atoms with van der Waals surface area (Å²) in [5, 5.41) is 24.2. The molecule has 0 saturated carbocycles. The molecule has 0 aromatic heterocycles. The number of non-ortho nitro benzene ring substituents is 1. The van der Waals surface area contributed by atoms with Crippen molar-refractivity contribution in [1.82, 2.24) is 0 Å². The number of hydrogen-bond acceptors (Lipinski definition) is 4. The molecule has 0 saturated heterocycles. The van der Waals surface area contributed by atoms with Crippen LogP contribution in [0.3, 0.4) is 0 Å². The van der Waals surface area contributed by atoms with E-state index < -0.39 is 16.4 Å². The molecule has 3 rings (SSSR count). The van der Waals surface area contributed by atoms with Crippen LogP contribution in [-0.2, 0) is 10.4 Å². The number of amides is 1. The summed E-state index contributed by atoms with van der Waals surface area (Å²) < 4.78 is 0. The Morgan fingerprint density at radius 1 is 1.22 bits per heavy atom. The zero-order chi connectivity index (χ0) is 16.4. The van der Waals surface area contributed by atoms with E-state index in [-0.39, 0.29) is 17.8 Å². The molecular formula is C17H14N2O4. The van der Waals surface area contributed by atoms with Gasteiger partial charge >= 0.3 is 0 Å². The molecule has 1 aliphatic carbocycles. The summed E-state index contributed by atoms with van der Waals surface area (Å²) in [4.78, 5) is 22.8. The summed E-state index contributed by atoms with van der Waals surface area (Å²) in [6.45, 7) is 0. The van der Waals surface area contributed by atoms with Gasteiger partial charge in [-0.15, -0.1) is 0 Å². The second-order valence-corrected chi connectivity index (χ2v) is 5.32. The first kappa shape index (κ1) is 14.9. The highest BCUT2D eigenvalue weighted by Crippen LogP contribution is 2.34. The van der Waals surface area contributed by atoms with Crippen molar-refractivity contribution in [3.63, 3.8) is 0 Å². The standard InChI is InChI=1S/C17H14N2O4/c20-16(18-13-7-3-8-14(11-13)19(22)23)17(21)10-4-6-12-5-1-2-9-15(12)17/h1-9,11,21H,10H2,(H,18,20). The molecule has 1 unspecified atom stereocenters. The highest BCUT2D eigenvalue weighted by molar-refractivity contribution is 5.99. The lowest BCUT2D eigenvalue weighted by Gasteiger charge is -2.30. The largest absolute Gasteiger partial charge is 0.375 e. The van der Waals surface area contributed by atoms with Crippen molar-refractivity contribution in [3.8, 4) is 0 Å². The van der Waals surface area contributed by atoms with Gasteiger partial charge in [0.25, 0.3) is 11.6 Å². The molecule has 0 aliphatic heterocycles. The van der Waals surface area contributed by atoms with E-state index in [2.05, 4.69) is 5.32 Å². The average Bonchev–Trinajstić information content (AvgIpc) is 2.55. The Morgan fingerprint density at radius 3 is 2.78 bits per heavy atom. The summed E-state index contributed by atoms with van der Waals surface area (Å²) in [6, 6.07) is 12.7. The van der Waals surface area contributed by atoms with Gasteiger partial charge in [-0.05, 0) is 11.6 Å². The predicted octanol–water partition coefficient (Wildman–Crippen LogP) is 2.84. The fourth-order valence-corrected chi connectivity index (χ4v) is 2.63. The number of anilines is 1. The first-order chi connectivity index (χ1) is 11.0. The second-order valence-electron chi connectivity index (χ2n) is 5.32. The smallest absolute Gasteiger partial charge is 0.271 e. The molecule has 2 aromatic carbocycles. The van der Waals surface area contributed by atoms with Crippen LogP contribution >= 0.6 is 0 Å². The summed E-state index contributed by atoms with van der Waals surface area (Å²) in [6.07, 6.45) is 3.73. The third-order valence-corrected chi connectivity index (χ3v) is 3.81. The minimum absolute atomic E-state index is 0.126. The highest BCUT2D eigenvalue weighted by Gasteiger charge is 2.39. The van der Waals surface area contributed by atoms with E-state index in [1.807, 2.05) is 18.2 Å². The van der Waals surface area contributed by atoms with Gasteiger partial charge in [-0.25, -0.2) is 0 Å². The van der Waals surface area contributed by atoms with Crippen LogP contribution in [0.15, 0.2) is 54.6 Å². The van der Waals surface area contributed by atoms with E-state index in [4.69, 9.17) is 0 Å². The lowest BCUT2D eigenvalue weighted by molar-refractivity contribution is -0.384. The number of carbonyl (C=O) groups is 1. The van der Waals surface area contributed by atoms with Gasteiger partial charge in [0.1, 0.15) is 0 Å². The van der Waals surface area contributed by atoms with E-state index in [9.17, 15) is 20.0 Å². The van der Waals surface area contributed by atoms with Crippen LogP contribution < -0.4 is 5.32 Å². The van der Waals surface area contributed by atoms with Crippen molar-refractivity contribution in [2.24, 2.45) is 0 Å². The molecule has 2 aromatic rings. The molecule has 2 N–H and O–H groups in total. The van der Waals surface area contributed by atoms with E-state index in [1.54, 1.807) is 24.3 Å². The SMILES string of the molecule is O=C(Nc1cccc([N+](=O)[O-])c1)C1(O)CC=Cc2ccccc21. The van der Waals surface area contributed by atoms with Crippen molar-refractivity contribution in [3.05, 3.63) is 75.8 Å². The van der Waals surface area contributed by atoms with Gasteiger partial charge in [0.05, 0.1) is 4.92 Å². The first-order valence-electron chi connectivity index (χ1n) is 7.05. The molecular weight excluding hydrogens is 296 g/mol. The monoisotopic (exact) mass is 310 g/mol. The number of carbonyl (C=O) groups excluding carboxylic acids is 1. The zero-order valence-electron chi connectivity index (χ0n) is 12.1. The molecule has 0 fully saturated rings. The fourth-order valence-electron chi connectivity index (χ4n) is 2.63. The quantitative estimate of drug-likeness (QED) is 0.673. The maximum absolute atomic E-state index is 12.6. The van der Waals surface area contributed by atoms with Gasteiger partial charge in [-0.3, -0.25) is 14.9 Å². The van der Waals surface area contributed by atoms with Gasteiger partial charge in [-0.2, -0.15) is 0 Å². The normalized spacial score (nSPS) is 19.0. The first-order valence-corrected chi connectivity index (χ1v) is 7.05. The Labute approximate surface area is 132 Å². The van der Waals surface area contributed by atoms with Crippen LogP contribution in [0.5, 0.6) is 0 Å². The van der Waals surface area contributed by atoms with E-state index in [0.717, 1.165) is 5.56 Å². The fraction of sp³-hybridized carbons (Fsp3) is 0.118. The Hall–Kier alpha value is -2.99. The molecule has 1 aliphatic rings. The lowest BCUT2D eigenvalue weighted by Crippen LogP contribution is -2.41. The Balaban J connectivity index is 1.90. The van der Waals surface area contributed by atoms with Gasteiger partial charge < -0.3 is 10.4 Å². The summed E-state index contributed by atoms with van der Waals surface area (Å²) in [5.74, 6) is -0.616. The van der Waals surface area contributed by atoms with Crippen LogP contribution in [0.2, 0.25) is 0 Å². The maximum Gasteiger partial charge on any atom is 0.271 e. The molecule has 6 heteroatoms. The number of fused-ring (bicyclic) bond motifs is 1. The molecule has 0 spiro atoms. The molecule has 23 heavy (non-hydrogen) atoms. The van der Waals surface area contributed by atoms with Crippen LogP contribution in [0.4, 0.5) is 11.4 Å². The summed E-state index contributed by atoms with van der Waals surface area (Å²) >= 11 is 0. The van der Waals surface area contributed by atoms with Crippen LogP contribution in [0.25, 0.3) is 6.08 Å². The van der Waals surface area contributed by atoms with Crippen molar-refractivity contribution in [1.29, 1.82) is 0 Å². The number of nitro groups is 1. The van der Waals surface area contributed by atoms with Crippen LogP contribution in [-0.4, -0.2) is 15.9 Å². The predicted molar refractivity (Wildman–Crippen MR) is 85.7 cm³/mol. The third kappa shape index (κ3) is 2.72. The Bertz CT molecular complexity index is 816. The van der Waals surface area contributed by atoms with Crippen molar-refractivity contribution in [2.75, 3.05) is 5.32 Å². The van der Waals surface area contributed by atoms with Gasteiger partial charge in [0, 0.05) is 29.8 Å². The Kier molecular flexibility index (Phi) is 3.67. The van der Waals surface area contributed by atoms with Crippen LogP contribution in [0, 0.1) is 10.1 Å². The molecule has 0 bridgehead atoms. The maximum atomic E-state index is 12.6. The molecule has 1 atom stereocenters. The van der Waals surface area contributed by atoms with Crippen LogP contribution in [0.1, 0.15) is 17.5 Å². The second kappa shape index (κ2) is 5.66. The number of rotatable bonds is 3. The molecule has 1 amide bonds. The number of benzene rings is 2. The minimum Gasteiger partial charge on any atom is -0.375 e. The third-order valence-electron chi connectivity index (χ3n) is 3.81. The van der Waals surface area contributed by atoms with Gasteiger partial charge in [0.15, 0.2) is 5.60 Å². The van der Waals surface area contributed by atoms with E-state index in [0.29, 0.717) is 5.56 Å². The zero-order valence-corrected chi connectivity index (χ0v) is 12.1. The number of nitrogens with one attached hydrogen (secondary N) is 1. The number of hydrogen-bond donors (Lipinski definition) is 2. The van der Waals surface area contributed by atoms with Crippen molar-refractivity contribution in [2.45, 2.75) is 12.0 Å². The Morgan fingerprint density at radius 2 is 2.00 bits per heavy atom. The average molecular weight is 310 g/mol. The molecule has 0 heterocycles. The van der Waals surface area contributed by atoms with E-state index >= 15 is 0 Å². The molecule has 0 radical (unpaired) electrons. The summed E-state index contributed by atoms with van der Waals surface area (Å²) in [5.41, 5.74) is -0.264. The van der Waals surface area contributed by atoms with Gasteiger partial charge in [-0.1, -0.05) is 42.5 Å². The molecule has 6 nitrogen and oxygen atoms in total. The number of nitro benzene ring substituents is 1. The summed E-state index contributed by atoms with van der Waals surface area (Å²) in [7, 11) is 0. The van der Waals surface area contributed by atoms with Gasteiger partial charge in [0.2, 0.25) is 0 Å².